The molecule has 1 unspecified atom stereocenters. The summed E-state index contributed by atoms with van der Waals surface area (Å²) in [6, 6.07) is -1.57. The Hall–Kier alpha value is -0.990. The van der Waals surface area contributed by atoms with Crippen LogP contribution in [-0.4, -0.2) is 11.7 Å². The monoisotopic (exact) mass is 309 g/mol. The van der Waals surface area contributed by atoms with Crippen molar-refractivity contribution in [1.29, 1.82) is 0 Å². The lowest BCUT2D eigenvalue weighted by molar-refractivity contribution is -0.140. The Bertz CT molecular complexity index is 451. The third-order valence-corrected chi connectivity index (χ3v) is 2.31. The predicted octanol–water partition coefficient (Wildman–Crippen LogP) is 2.93. The van der Waals surface area contributed by atoms with Gasteiger partial charge in [0.1, 0.15) is 5.82 Å². The Labute approximate surface area is 110 Å². The lowest BCUT2D eigenvalue weighted by Crippen LogP contribution is -2.19. The molecule has 0 bridgehead atoms. The number of benzene rings is 1. The van der Waals surface area contributed by atoms with Crippen LogP contribution in [0.3, 0.4) is 0 Å². The molecule has 0 aromatic heterocycles. The quantitative estimate of drug-likeness (QED) is 0.666. The first kappa shape index (κ1) is 18.0. The summed E-state index contributed by atoms with van der Waals surface area (Å²) in [5.41, 5.74) is 2.21. The van der Waals surface area contributed by atoms with Gasteiger partial charge in [-0.2, -0.15) is 13.2 Å². The Morgan fingerprint density at radius 2 is 1.68 bits per heavy atom. The van der Waals surface area contributed by atoms with E-state index in [-0.39, 0.29) is 24.9 Å². The molecular weight excluding hydrogens is 300 g/mol. The Balaban J connectivity index is 0.00000324. The summed E-state index contributed by atoms with van der Waals surface area (Å²) in [6.45, 7) is -0.539. The van der Waals surface area contributed by atoms with Crippen LogP contribution in [0.1, 0.15) is 23.6 Å². The minimum absolute atomic E-state index is 0. The van der Waals surface area contributed by atoms with Crippen molar-refractivity contribution < 1.29 is 31.4 Å². The largest absolute Gasteiger partial charge is 0.419 e. The zero-order valence-electron chi connectivity index (χ0n) is 9.27. The SMILES string of the molecule is Cl.NC(CCO)c1c(F)cc(C(F)(F)F)c(F)c1F. The first-order chi connectivity index (χ1) is 8.20. The molecule has 1 rings (SSSR count). The molecule has 2 nitrogen and oxygen atoms in total. The van der Waals surface area contributed by atoms with E-state index in [2.05, 4.69) is 0 Å². The van der Waals surface area contributed by atoms with E-state index in [1.54, 1.807) is 0 Å². The van der Waals surface area contributed by atoms with Gasteiger partial charge in [0, 0.05) is 18.2 Å². The summed E-state index contributed by atoms with van der Waals surface area (Å²) >= 11 is 0. The second-order valence-electron chi connectivity index (χ2n) is 3.56. The highest BCUT2D eigenvalue weighted by atomic mass is 35.5. The normalized spacial score (nSPS) is 13.1. The van der Waals surface area contributed by atoms with Crippen molar-refractivity contribution in [2.45, 2.75) is 18.6 Å². The second-order valence-corrected chi connectivity index (χ2v) is 3.56. The van der Waals surface area contributed by atoms with Crippen LogP contribution in [0.15, 0.2) is 6.07 Å². The topological polar surface area (TPSA) is 46.2 Å². The fraction of sp³-hybridized carbons (Fsp3) is 0.400. The van der Waals surface area contributed by atoms with Crippen molar-refractivity contribution in [1.82, 2.24) is 0 Å². The number of nitrogens with two attached hydrogens (primary N) is 1. The molecule has 3 N–H and O–H groups in total. The zero-order valence-corrected chi connectivity index (χ0v) is 10.1. The Morgan fingerprint density at radius 1 is 1.16 bits per heavy atom. The maximum atomic E-state index is 13.4. The van der Waals surface area contributed by atoms with E-state index in [1.165, 1.54) is 0 Å². The van der Waals surface area contributed by atoms with Gasteiger partial charge in [-0.05, 0) is 12.5 Å². The van der Waals surface area contributed by atoms with E-state index >= 15 is 0 Å². The molecule has 1 atom stereocenters. The van der Waals surface area contributed by atoms with Gasteiger partial charge in [-0.15, -0.1) is 12.4 Å². The van der Waals surface area contributed by atoms with Crippen LogP contribution in [0, 0.1) is 17.5 Å². The van der Waals surface area contributed by atoms with Crippen molar-refractivity contribution >= 4 is 12.4 Å². The summed E-state index contributed by atoms with van der Waals surface area (Å²) < 4.78 is 76.6. The van der Waals surface area contributed by atoms with Crippen molar-refractivity contribution in [2.75, 3.05) is 6.61 Å². The van der Waals surface area contributed by atoms with Gasteiger partial charge in [0.05, 0.1) is 5.56 Å². The van der Waals surface area contributed by atoms with Gasteiger partial charge in [0.2, 0.25) is 0 Å². The maximum absolute atomic E-state index is 13.4. The number of rotatable bonds is 3. The minimum atomic E-state index is -5.20. The molecule has 0 saturated heterocycles. The molecule has 0 heterocycles. The molecule has 0 amide bonds. The molecular formula is C10H10ClF6NO. The molecule has 0 saturated carbocycles. The molecule has 1 aromatic rings. The van der Waals surface area contributed by atoms with Gasteiger partial charge in [-0.3, -0.25) is 0 Å². The van der Waals surface area contributed by atoms with Gasteiger partial charge in [0.25, 0.3) is 0 Å². The highest BCUT2D eigenvalue weighted by Gasteiger charge is 2.38. The van der Waals surface area contributed by atoms with Crippen LogP contribution in [0.5, 0.6) is 0 Å². The second kappa shape index (κ2) is 6.44. The zero-order chi connectivity index (χ0) is 14.1. The van der Waals surface area contributed by atoms with Gasteiger partial charge < -0.3 is 10.8 Å². The third kappa shape index (κ3) is 3.74. The number of halogens is 7. The van der Waals surface area contributed by atoms with Crippen molar-refractivity contribution in [3.05, 3.63) is 34.6 Å². The van der Waals surface area contributed by atoms with Gasteiger partial charge in [0.15, 0.2) is 11.6 Å². The molecule has 0 aliphatic rings. The average Bonchev–Trinajstić information content (AvgIpc) is 2.22. The predicted molar refractivity (Wildman–Crippen MR) is 57.2 cm³/mol. The highest BCUT2D eigenvalue weighted by molar-refractivity contribution is 5.85. The molecule has 110 valence electrons. The van der Waals surface area contributed by atoms with Crippen LogP contribution in [0.25, 0.3) is 0 Å². The fourth-order valence-electron chi connectivity index (χ4n) is 1.44. The first-order valence-electron chi connectivity index (χ1n) is 4.81. The Morgan fingerprint density at radius 3 is 2.11 bits per heavy atom. The maximum Gasteiger partial charge on any atom is 0.419 e. The van der Waals surface area contributed by atoms with Crippen LogP contribution in [0.4, 0.5) is 26.3 Å². The highest BCUT2D eigenvalue weighted by Crippen LogP contribution is 2.35. The van der Waals surface area contributed by atoms with Crippen molar-refractivity contribution in [3.8, 4) is 0 Å². The molecule has 0 aliphatic heterocycles. The summed E-state index contributed by atoms with van der Waals surface area (Å²) in [4.78, 5) is 0. The molecule has 0 fully saturated rings. The van der Waals surface area contributed by atoms with Crippen LogP contribution in [-0.2, 0) is 6.18 Å². The lowest BCUT2D eigenvalue weighted by atomic mass is 10.0. The summed E-state index contributed by atoms with van der Waals surface area (Å²) in [7, 11) is 0. The summed E-state index contributed by atoms with van der Waals surface area (Å²) in [5, 5.41) is 8.53. The number of hydrogen-bond acceptors (Lipinski definition) is 2. The van der Waals surface area contributed by atoms with E-state index in [0.717, 1.165) is 0 Å². The van der Waals surface area contributed by atoms with Gasteiger partial charge in [-0.1, -0.05) is 0 Å². The van der Waals surface area contributed by atoms with Crippen molar-refractivity contribution in [3.63, 3.8) is 0 Å². The number of aliphatic hydroxyl groups is 1. The number of aliphatic hydroxyl groups excluding tert-OH is 1. The van der Waals surface area contributed by atoms with Gasteiger partial charge >= 0.3 is 6.18 Å². The lowest BCUT2D eigenvalue weighted by Gasteiger charge is -2.16. The molecule has 9 heteroatoms. The summed E-state index contributed by atoms with van der Waals surface area (Å²) in [6.07, 6.45) is -5.51. The average molecular weight is 310 g/mol. The standard InChI is InChI=1S/C10H9F6NO.ClH/c11-5-3-4(10(14,15)16)8(12)9(13)7(5)6(17)1-2-18;/h3,6,18H,1-2,17H2;1H. The molecule has 0 aliphatic carbocycles. The minimum Gasteiger partial charge on any atom is -0.396 e. The smallest absolute Gasteiger partial charge is 0.396 e. The summed E-state index contributed by atoms with van der Waals surface area (Å²) in [5.74, 6) is -5.78. The third-order valence-electron chi connectivity index (χ3n) is 2.31. The van der Waals surface area contributed by atoms with E-state index in [4.69, 9.17) is 10.8 Å². The molecule has 19 heavy (non-hydrogen) atoms. The number of hydrogen-bond donors (Lipinski definition) is 2. The van der Waals surface area contributed by atoms with Gasteiger partial charge in [-0.25, -0.2) is 13.2 Å². The Kier molecular flexibility index (Phi) is 6.11. The number of alkyl halides is 3. The van der Waals surface area contributed by atoms with Crippen LogP contribution < -0.4 is 5.73 Å². The van der Waals surface area contributed by atoms with Crippen molar-refractivity contribution in [2.24, 2.45) is 5.73 Å². The molecule has 0 radical (unpaired) electrons. The fourth-order valence-corrected chi connectivity index (χ4v) is 1.44. The van der Waals surface area contributed by atoms with Crippen LogP contribution in [0.2, 0.25) is 0 Å². The molecule has 0 spiro atoms. The molecule has 1 aromatic carbocycles. The van der Waals surface area contributed by atoms with E-state index in [9.17, 15) is 26.3 Å². The van der Waals surface area contributed by atoms with Crippen LogP contribution >= 0.6 is 12.4 Å². The van der Waals surface area contributed by atoms with E-state index < -0.39 is 47.4 Å². The van der Waals surface area contributed by atoms with E-state index in [1.807, 2.05) is 0 Å². The first-order valence-corrected chi connectivity index (χ1v) is 4.81. The van der Waals surface area contributed by atoms with E-state index in [0.29, 0.717) is 0 Å².